The highest BCUT2D eigenvalue weighted by Gasteiger charge is 2.63. The van der Waals surface area contributed by atoms with Crippen LogP contribution in [0.5, 0.6) is 0 Å². The maximum Gasteiger partial charge on any atom is 0.438 e. The lowest BCUT2D eigenvalue weighted by Crippen LogP contribution is -2.56. The summed E-state index contributed by atoms with van der Waals surface area (Å²) in [6.07, 6.45) is -5.42. The van der Waals surface area contributed by atoms with Gasteiger partial charge in [-0.15, -0.1) is 0 Å². The molecule has 0 saturated carbocycles. The zero-order valence-electron chi connectivity index (χ0n) is 15.2. The lowest BCUT2D eigenvalue weighted by molar-refractivity contribution is -0.384. The van der Waals surface area contributed by atoms with Gasteiger partial charge in [-0.1, -0.05) is 37.3 Å². The predicted octanol–water partition coefficient (Wildman–Crippen LogP) is 3.66. The molecule has 0 fully saturated rings. The highest BCUT2D eigenvalue weighted by molar-refractivity contribution is 6.05. The van der Waals surface area contributed by atoms with Crippen molar-refractivity contribution in [3.63, 3.8) is 0 Å². The van der Waals surface area contributed by atoms with E-state index >= 15 is 0 Å². The predicted molar refractivity (Wildman–Crippen MR) is 97.2 cm³/mol. The molecule has 1 amide bonds. The van der Waals surface area contributed by atoms with Gasteiger partial charge in [0.1, 0.15) is 0 Å². The second-order valence-corrected chi connectivity index (χ2v) is 6.51. The molecule has 0 radical (unpaired) electrons. The van der Waals surface area contributed by atoms with Gasteiger partial charge in [0.15, 0.2) is 0 Å². The zero-order chi connectivity index (χ0) is 21.4. The van der Waals surface area contributed by atoms with Crippen molar-refractivity contribution in [1.82, 2.24) is 5.01 Å². The van der Waals surface area contributed by atoms with E-state index in [2.05, 4.69) is 5.10 Å². The number of amides is 1. The summed E-state index contributed by atoms with van der Waals surface area (Å²) >= 11 is 0. The highest BCUT2D eigenvalue weighted by Crippen LogP contribution is 2.42. The SMILES string of the molecule is CCc1ccc(C2=NN(C(=O)c3cccc([N+](=O)[O-])c3)[C@](O)(C(F)(F)F)C2)cc1. The lowest BCUT2D eigenvalue weighted by atomic mass is 9.99. The number of carbonyl (C=O) groups is 1. The Bertz CT molecular complexity index is 989. The molecule has 0 saturated heterocycles. The van der Waals surface area contributed by atoms with Crippen LogP contribution in [0.25, 0.3) is 0 Å². The van der Waals surface area contributed by atoms with Crippen LogP contribution in [0, 0.1) is 10.1 Å². The standard InChI is InChI=1S/C19H16F3N3O4/c1-2-12-6-8-13(9-7-12)16-11-18(27,19(20,21)22)24(23-16)17(26)14-4-3-5-15(10-14)25(28)29/h3-10,27H,2,11H2,1H3/t18-/m1/s1. The van der Waals surface area contributed by atoms with Gasteiger partial charge in [0.25, 0.3) is 17.3 Å². The van der Waals surface area contributed by atoms with Crippen LogP contribution in [0.3, 0.4) is 0 Å². The van der Waals surface area contributed by atoms with Crippen molar-refractivity contribution in [3.8, 4) is 0 Å². The molecule has 0 aromatic heterocycles. The van der Waals surface area contributed by atoms with Crippen LogP contribution >= 0.6 is 0 Å². The van der Waals surface area contributed by atoms with E-state index in [-0.39, 0.29) is 10.7 Å². The van der Waals surface area contributed by atoms with E-state index < -0.39 is 40.4 Å². The normalized spacial score (nSPS) is 19.2. The quantitative estimate of drug-likeness (QED) is 0.618. The molecule has 152 valence electrons. The van der Waals surface area contributed by atoms with E-state index in [0.29, 0.717) is 5.56 Å². The molecule has 2 aromatic carbocycles. The number of carbonyl (C=O) groups excluding carboxylic acids is 1. The molecule has 1 aliphatic heterocycles. The first-order chi connectivity index (χ1) is 13.6. The molecule has 1 heterocycles. The number of nitro benzene ring substituents is 1. The van der Waals surface area contributed by atoms with Gasteiger partial charge in [0.2, 0.25) is 0 Å². The van der Waals surface area contributed by atoms with Crippen molar-refractivity contribution in [1.29, 1.82) is 0 Å². The number of halogens is 3. The molecule has 1 N–H and O–H groups in total. The third kappa shape index (κ3) is 3.70. The topological polar surface area (TPSA) is 96.0 Å². The number of rotatable bonds is 4. The lowest BCUT2D eigenvalue weighted by Gasteiger charge is -2.32. The summed E-state index contributed by atoms with van der Waals surface area (Å²) in [5.74, 6) is -1.30. The van der Waals surface area contributed by atoms with Crippen molar-refractivity contribution >= 4 is 17.3 Å². The Morgan fingerprint density at radius 3 is 2.48 bits per heavy atom. The molecule has 29 heavy (non-hydrogen) atoms. The third-order valence-electron chi connectivity index (χ3n) is 4.63. The summed E-state index contributed by atoms with van der Waals surface area (Å²) in [5, 5.41) is 25.0. The van der Waals surface area contributed by atoms with Gasteiger partial charge < -0.3 is 5.11 Å². The van der Waals surface area contributed by atoms with Crippen molar-refractivity contribution in [2.75, 3.05) is 0 Å². The zero-order valence-corrected chi connectivity index (χ0v) is 15.2. The molecule has 0 spiro atoms. The van der Waals surface area contributed by atoms with Crippen LogP contribution in [0.2, 0.25) is 0 Å². The molecule has 1 aliphatic rings. The first-order valence-electron chi connectivity index (χ1n) is 8.61. The molecular weight excluding hydrogens is 391 g/mol. The molecule has 0 aliphatic carbocycles. The fraction of sp³-hybridized carbons (Fsp3) is 0.263. The van der Waals surface area contributed by atoms with Gasteiger partial charge >= 0.3 is 6.18 Å². The van der Waals surface area contributed by atoms with E-state index in [1.807, 2.05) is 6.92 Å². The first-order valence-corrected chi connectivity index (χ1v) is 8.61. The van der Waals surface area contributed by atoms with Gasteiger partial charge in [-0.3, -0.25) is 14.9 Å². The van der Waals surface area contributed by atoms with Gasteiger partial charge in [-0.25, -0.2) is 0 Å². The highest BCUT2D eigenvalue weighted by atomic mass is 19.4. The number of nitrogens with zero attached hydrogens (tertiary/aromatic N) is 3. The Morgan fingerprint density at radius 1 is 1.28 bits per heavy atom. The van der Waals surface area contributed by atoms with Crippen molar-refractivity contribution in [2.45, 2.75) is 31.7 Å². The Kier molecular flexibility index (Phi) is 5.14. The second-order valence-electron chi connectivity index (χ2n) is 6.51. The largest absolute Gasteiger partial charge is 0.438 e. The third-order valence-corrected chi connectivity index (χ3v) is 4.63. The van der Waals surface area contributed by atoms with Crippen LogP contribution in [0.4, 0.5) is 18.9 Å². The summed E-state index contributed by atoms with van der Waals surface area (Å²) in [7, 11) is 0. The van der Waals surface area contributed by atoms with E-state index in [0.717, 1.165) is 30.2 Å². The Labute approximate surface area is 163 Å². The molecule has 10 heteroatoms. The number of hydrazone groups is 1. The Balaban J connectivity index is 2.04. The number of aliphatic hydroxyl groups is 1. The average molecular weight is 407 g/mol. The summed E-state index contributed by atoms with van der Waals surface area (Å²) in [4.78, 5) is 22.8. The molecular formula is C19H16F3N3O4. The number of alkyl halides is 3. The molecule has 0 unspecified atom stereocenters. The second kappa shape index (κ2) is 7.28. The number of aryl methyl sites for hydroxylation is 1. The minimum atomic E-state index is -5.20. The number of benzene rings is 2. The van der Waals surface area contributed by atoms with Crippen molar-refractivity contribution < 1.29 is 28.0 Å². The molecule has 7 nitrogen and oxygen atoms in total. The first kappa shape index (κ1) is 20.5. The van der Waals surface area contributed by atoms with Crippen LogP contribution in [-0.4, -0.2) is 38.6 Å². The Hall–Kier alpha value is -3.27. The maximum absolute atomic E-state index is 13.7. The summed E-state index contributed by atoms with van der Waals surface area (Å²) in [5.41, 5.74) is -3.25. The summed E-state index contributed by atoms with van der Waals surface area (Å²) < 4.78 is 41.0. The van der Waals surface area contributed by atoms with Crippen molar-refractivity contribution in [3.05, 3.63) is 75.3 Å². The van der Waals surface area contributed by atoms with E-state index in [1.54, 1.807) is 24.3 Å². The van der Waals surface area contributed by atoms with E-state index in [4.69, 9.17) is 0 Å². The maximum atomic E-state index is 13.7. The molecule has 3 rings (SSSR count). The van der Waals surface area contributed by atoms with Crippen molar-refractivity contribution in [2.24, 2.45) is 5.10 Å². The summed E-state index contributed by atoms with van der Waals surface area (Å²) in [6.45, 7) is 1.92. The fourth-order valence-corrected chi connectivity index (χ4v) is 2.95. The minimum absolute atomic E-state index is 0.0465. The number of non-ortho nitro benzene ring substituents is 1. The van der Waals surface area contributed by atoms with Gasteiger partial charge in [0, 0.05) is 17.7 Å². The fourth-order valence-electron chi connectivity index (χ4n) is 2.95. The Morgan fingerprint density at radius 2 is 1.93 bits per heavy atom. The van der Waals surface area contributed by atoms with Crippen LogP contribution in [-0.2, 0) is 6.42 Å². The van der Waals surface area contributed by atoms with E-state index in [1.165, 1.54) is 6.07 Å². The van der Waals surface area contributed by atoms with Crippen LogP contribution < -0.4 is 0 Å². The minimum Gasteiger partial charge on any atom is -0.362 e. The summed E-state index contributed by atoms with van der Waals surface area (Å²) in [6, 6.07) is 10.8. The molecule has 2 aromatic rings. The molecule has 1 atom stereocenters. The van der Waals surface area contributed by atoms with E-state index in [9.17, 15) is 33.2 Å². The van der Waals surface area contributed by atoms with Gasteiger partial charge in [-0.2, -0.15) is 23.3 Å². The van der Waals surface area contributed by atoms with Crippen LogP contribution in [0.1, 0.15) is 34.8 Å². The number of nitro groups is 1. The van der Waals surface area contributed by atoms with Crippen LogP contribution in [0.15, 0.2) is 53.6 Å². The monoisotopic (exact) mass is 407 g/mol. The molecule has 0 bridgehead atoms. The smallest absolute Gasteiger partial charge is 0.362 e. The number of hydrogen-bond acceptors (Lipinski definition) is 5. The van der Waals surface area contributed by atoms with Gasteiger partial charge in [0.05, 0.1) is 17.1 Å². The number of hydrogen-bond donors (Lipinski definition) is 1. The average Bonchev–Trinajstić information content (AvgIpc) is 3.06. The van der Waals surface area contributed by atoms with Gasteiger partial charge in [-0.05, 0) is 23.6 Å².